The predicted octanol–water partition coefficient (Wildman–Crippen LogP) is 6.02. The molecule has 2 nitrogen and oxygen atoms in total. The zero-order valence-electron chi connectivity index (χ0n) is 12.6. The molecule has 0 unspecified atom stereocenters. The van der Waals surface area contributed by atoms with E-state index in [-0.39, 0.29) is 12.4 Å². The van der Waals surface area contributed by atoms with Crippen LogP contribution in [0.25, 0.3) is 11.3 Å². The van der Waals surface area contributed by atoms with E-state index in [1.807, 2.05) is 41.9 Å². The number of benzene rings is 2. The summed E-state index contributed by atoms with van der Waals surface area (Å²) in [6.07, 6.45) is 0. The average molecular weight is 386 g/mol. The summed E-state index contributed by atoms with van der Waals surface area (Å²) < 4.78 is 2.05. The first kappa shape index (κ1) is 18.1. The SMILES string of the molecule is Cc1ccccc1N=c1scc(-c2ccc(Cl)cc2Cl)n1C.Cl. The van der Waals surface area contributed by atoms with E-state index >= 15 is 0 Å². The van der Waals surface area contributed by atoms with E-state index in [0.717, 1.165) is 27.3 Å². The number of aryl methyl sites for hydroxylation is 1. The maximum absolute atomic E-state index is 6.31. The van der Waals surface area contributed by atoms with Gasteiger partial charge >= 0.3 is 0 Å². The Hall–Kier alpha value is -1.26. The van der Waals surface area contributed by atoms with E-state index in [4.69, 9.17) is 28.2 Å². The molecule has 1 aromatic heterocycles. The zero-order chi connectivity index (χ0) is 15.7. The van der Waals surface area contributed by atoms with Crippen LogP contribution in [0.3, 0.4) is 0 Å². The van der Waals surface area contributed by atoms with Crippen LogP contribution in [0.15, 0.2) is 52.8 Å². The van der Waals surface area contributed by atoms with Gasteiger partial charge < -0.3 is 4.57 Å². The van der Waals surface area contributed by atoms with E-state index in [1.165, 1.54) is 0 Å². The van der Waals surface area contributed by atoms with Crippen molar-refractivity contribution in [2.75, 3.05) is 0 Å². The van der Waals surface area contributed by atoms with Gasteiger partial charge in [-0.1, -0.05) is 41.4 Å². The molecule has 0 bridgehead atoms. The molecule has 0 N–H and O–H groups in total. The van der Waals surface area contributed by atoms with Crippen molar-refractivity contribution in [1.82, 2.24) is 4.57 Å². The second kappa shape index (κ2) is 7.54. The highest BCUT2D eigenvalue weighted by Crippen LogP contribution is 2.30. The molecule has 120 valence electrons. The van der Waals surface area contributed by atoms with Gasteiger partial charge in [0.2, 0.25) is 0 Å². The maximum Gasteiger partial charge on any atom is 0.190 e. The molecule has 3 rings (SSSR count). The lowest BCUT2D eigenvalue weighted by molar-refractivity contribution is 0.882. The van der Waals surface area contributed by atoms with Gasteiger partial charge in [0.05, 0.1) is 16.4 Å². The van der Waals surface area contributed by atoms with Crippen molar-refractivity contribution in [1.29, 1.82) is 0 Å². The van der Waals surface area contributed by atoms with Crippen LogP contribution in [0, 0.1) is 6.92 Å². The van der Waals surface area contributed by atoms with Crippen molar-refractivity contribution in [2.45, 2.75) is 6.92 Å². The van der Waals surface area contributed by atoms with Crippen molar-refractivity contribution in [2.24, 2.45) is 12.0 Å². The number of rotatable bonds is 2. The molecule has 0 aliphatic heterocycles. The maximum atomic E-state index is 6.31. The quantitative estimate of drug-likeness (QED) is 0.513. The summed E-state index contributed by atoms with van der Waals surface area (Å²) >= 11 is 13.9. The van der Waals surface area contributed by atoms with Crippen LogP contribution >= 0.6 is 46.9 Å². The third-order valence-corrected chi connectivity index (χ3v) is 4.93. The average Bonchev–Trinajstić information content (AvgIpc) is 2.83. The van der Waals surface area contributed by atoms with Gasteiger partial charge in [-0.15, -0.1) is 23.7 Å². The lowest BCUT2D eigenvalue weighted by atomic mass is 10.2. The lowest BCUT2D eigenvalue weighted by Crippen LogP contribution is -2.11. The van der Waals surface area contributed by atoms with E-state index in [9.17, 15) is 0 Å². The number of thiazole rings is 1. The normalized spacial score (nSPS) is 11.4. The predicted molar refractivity (Wildman–Crippen MR) is 102 cm³/mol. The largest absolute Gasteiger partial charge is 0.319 e. The Morgan fingerprint density at radius 2 is 1.83 bits per heavy atom. The van der Waals surface area contributed by atoms with E-state index in [1.54, 1.807) is 17.4 Å². The van der Waals surface area contributed by atoms with Crippen molar-refractivity contribution >= 4 is 52.6 Å². The van der Waals surface area contributed by atoms with Gasteiger partial charge in [-0.2, -0.15) is 0 Å². The topological polar surface area (TPSA) is 17.3 Å². The van der Waals surface area contributed by atoms with Crippen molar-refractivity contribution in [3.05, 3.63) is 68.3 Å². The fraction of sp³-hybridized carbons (Fsp3) is 0.118. The third-order valence-electron chi connectivity index (χ3n) is 3.46. The minimum absolute atomic E-state index is 0. The zero-order valence-corrected chi connectivity index (χ0v) is 15.7. The summed E-state index contributed by atoms with van der Waals surface area (Å²) in [4.78, 5) is 5.67. The molecule has 6 heteroatoms. The van der Waals surface area contributed by atoms with Crippen LogP contribution < -0.4 is 4.80 Å². The van der Waals surface area contributed by atoms with Crippen LogP contribution in [0.4, 0.5) is 5.69 Å². The lowest BCUT2D eigenvalue weighted by Gasteiger charge is -2.06. The number of halogens is 3. The number of nitrogens with zero attached hydrogens (tertiary/aromatic N) is 2. The van der Waals surface area contributed by atoms with Gasteiger partial charge in [0.15, 0.2) is 4.80 Å². The number of hydrogen-bond acceptors (Lipinski definition) is 2. The fourth-order valence-corrected chi connectivity index (χ4v) is 3.62. The molecular formula is C17H15Cl3N2S. The van der Waals surface area contributed by atoms with Gasteiger partial charge in [-0.05, 0) is 36.8 Å². The molecule has 0 amide bonds. The third kappa shape index (κ3) is 3.81. The highest BCUT2D eigenvalue weighted by Gasteiger charge is 2.09. The molecule has 0 saturated carbocycles. The first-order valence-electron chi connectivity index (χ1n) is 6.76. The Kier molecular flexibility index (Phi) is 5.93. The smallest absolute Gasteiger partial charge is 0.190 e. The summed E-state index contributed by atoms with van der Waals surface area (Å²) in [7, 11) is 1.99. The summed E-state index contributed by atoms with van der Waals surface area (Å²) in [5.41, 5.74) is 4.12. The Labute approximate surface area is 155 Å². The second-order valence-corrected chi connectivity index (χ2v) is 6.67. The molecule has 0 spiro atoms. The number of para-hydroxylation sites is 1. The summed E-state index contributed by atoms with van der Waals surface area (Å²) in [5.74, 6) is 0. The Morgan fingerprint density at radius 3 is 2.52 bits per heavy atom. The van der Waals surface area contributed by atoms with Crippen LogP contribution in [0.2, 0.25) is 10.0 Å². The van der Waals surface area contributed by atoms with Crippen molar-refractivity contribution in [3.63, 3.8) is 0 Å². The van der Waals surface area contributed by atoms with Gasteiger partial charge in [-0.25, -0.2) is 4.99 Å². The summed E-state index contributed by atoms with van der Waals surface area (Å²) in [5, 5.41) is 3.34. The van der Waals surface area contributed by atoms with E-state index in [2.05, 4.69) is 18.4 Å². The van der Waals surface area contributed by atoms with Crippen molar-refractivity contribution < 1.29 is 0 Å². The standard InChI is InChI=1S/C17H14Cl2N2S.ClH/c1-11-5-3-4-6-15(11)20-17-21(2)16(10-22-17)13-8-7-12(18)9-14(13)19;/h3-10H,1-2H3;1H. The van der Waals surface area contributed by atoms with E-state index < -0.39 is 0 Å². The summed E-state index contributed by atoms with van der Waals surface area (Å²) in [6.45, 7) is 2.06. The second-order valence-electron chi connectivity index (χ2n) is 4.98. The van der Waals surface area contributed by atoms with Crippen LogP contribution in [-0.4, -0.2) is 4.57 Å². The molecular weight excluding hydrogens is 371 g/mol. The van der Waals surface area contributed by atoms with Gasteiger partial charge in [0, 0.05) is 23.0 Å². The minimum Gasteiger partial charge on any atom is -0.319 e. The fourth-order valence-electron chi connectivity index (χ4n) is 2.20. The highest BCUT2D eigenvalue weighted by molar-refractivity contribution is 7.07. The highest BCUT2D eigenvalue weighted by atomic mass is 35.5. The Bertz CT molecular complexity index is 897. The molecule has 23 heavy (non-hydrogen) atoms. The summed E-state index contributed by atoms with van der Waals surface area (Å²) in [6, 6.07) is 13.6. The molecule has 0 fully saturated rings. The van der Waals surface area contributed by atoms with Gasteiger partial charge in [-0.3, -0.25) is 0 Å². The first-order chi connectivity index (χ1) is 10.6. The van der Waals surface area contributed by atoms with Crippen LogP contribution in [0.5, 0.6) is 0 Å². The monoisotopic (exact) mass is 384 g/mol. The molecule has 3 aromatic rings. The first-order valence-corrected chi connectivity index (χ1v) is 8.40. The van der Waals surface area contributed by atoms with E-state index in [0.29, 0.717) is 10.0 Å². The molecule has 0 atom stereocenters. The molecule has 0 saturated heterocycles. The molecule has 2 aromatic carbocycles. The molecule has 0 radical (unpaired) electrons. The van der Waals surface area contributed by atoms with Crippen molar-refractivity contribution in [3.8, 4) is 11.3 Å². The molecule has 0 aliphatic rings. The van der Waals surface area contributed by atoms with Crippen LogP contribution in [0.1, 0.15) is 5.56 Å². The molecule has 1 heterocycles. The Balaban J connectivity index is 0.00000192. The molecule has 0 aliphatic carbocycles. The number of hydrogen-bond donors (Lipinski definition) is 0. The minimum atomic E-state index is 0. The van der Waals surface area contributed by atoms with Gasteiger partial charge in [0.1, 0.15) is 0 Å². The number of aromatic nitrogens is 1. The Morgan fingerprint density at radius 1 is 1.09 bits per heavy atom. The van der Waals surface area contributed by atoms with Gasteiger partial charge in [0.25, 0.3) is 0 Å². The van der Waals surface area contributed by atoms with Crippen LogP contribution in [-0.2, 0) is 7.05 Å².